The van der Waals surface area contributed by atoms with Crippen molar-refractivity contribution in [3.8, 4) is 0 Å². The van der Waals surface area contributed by atoms with Gasteiger partial charge >= 0.3 is 35.9 Å². The monoisotopic (exact) mass is 623 g/mol. The molecule has 0 aromatic carbocycles. The van der Waals surface area contributed by atoms with Gasteiger partial charge in [0.1, 0.15) is 26.4 Å². The summed E-state index contributed by atoms with van der Waals surface area (Å²) >= 11 is 0. The van der Waals surface area contributed by atoms with Crippen LogP contribution in [0.25, 0.3) is 0 Å². The van der Waals surface area contributed by atoms with Crippen LogP contribution in [0.4, 0.5) is 4.79 Å². The summed E-state index contributed by atoms with van der Waals surface area (Å²) in [5.74, 6) is -3.20. The maximum absolute atomic E-state index is 12.3. The second-order valence-electron chi connectivity index (χ2n) is 10.1. The zero-order chi connectivity index (χ0) is 33.7. The van der Waals surface area contributed by atoms with E-state index in [1.807, 2.05) is 0 Å². The van der Waals surface area contributed by atoms with Crippen LogP contribution in [-0.2, 0) is 52.4 Å². The fourth-order valence-corrected chi connectivity index (χ4v) is 2.95. The van der Waals surface area contributed by atoms with Gasteiger partial charge in [0.2, 0.25) is 0 Å². The van der Waals surface area contributed by atoms with Crippen LogP contribution in [0.3, 0.4) is 0 Å². The van der Waals surface area contributed by atoms with Crippen LogP contribution >= 0.6 is 0 Å². The fourth-order valence-electron chi connectivity index (χ4n) is 2.95. The normalized spacial score (nSPS) is 10.3. The molecule has 13 heteroatoms. The first-order valence-corrected chi connectivity index (χ1v) is 14.1. The van der Waals surface area contributed by atoms with Crippen molar-refractivity contribution in [2.45, 2.75) is 78.4 Å². The summed E-state index contributed by atoms with van der Waals surface area (Å²) in [5, 5.41) is 2.58. The van der Waals surface area contributed by atoms with Gasteiger partial charge in [0, 0.05) is 35.3 Å². The molecule has 0 aliphatic carbocycles. The van der Waals surface area contributed by atoms with Crippen LogP contribution in [-0.4, -0.2) is 81.1 Å². The van der Waals surface area contributed by atoms with Crippen molar-refractivity contribution in [2.75, 3.05) is 33.0 Å². The van der Waals surface area contributed by atoms with Gasteiger partial charge in [-0.1, -0.05) is 45.6 Å². The van der Waals surface area contributed by atoms with Crippen molar-refractivity contribution in [1.82, 2.24) is 5.32 Å². The first-order chi connectivity index (χ1) is 20.6. The van der Waals surface area contributed by atoms with Crippen molar-refractivity contribution >= 4 is 35.9 Å². The summed E-state index contributed by atoms with van der Waals surface area (Å²) in [6.45, 7) is 18.8. The number of esters is 5. The molecule has 0 rings (SSSR count). The molecule has 0 aromatic heterocycles. The summed E-state index contributed by atoms with van der Waals surface area (Å²) in [6.07, 6.45) is 0.731. The molecule has 0 radical (unpaired) electrons. The van der Waals surface area contributed by atoms with Gasteiger partial charge in [-0.2, -0.15) is 0 Å². The van der Waals surface area contributed by atoms with E-state index < -0.39 is 48.1 Å². The Balaban J connectivity index is 4.42. The smallest absolute Gasteiger partial charge is 0.407 e. The molecule has 0 saturated carbocycles. The molecular weight excluding hydrogens is 578 g/mol. The number of unbranched alkanes of at least 4 members (excludes halogenated alkanes) is 4. The fraction of sp³-hybridized carbons (Fsp3) is 0.548. The number of hydrogen-bond donors (Lipinski definition) is 1. The molecule has 246 valence electrons. The number of rotatable bonds is 22. The summed E-state index contributed by atoms with van der Waals surface area (Å²) in [4.78, 5) is 71.1. The Morgan fingerprint density at radius 1 is 0.523 bits per heavy atom. The van der Waals surface area contributed by atoms with E-state index in [1.54, 1.807) is 0 Å². The number of alkyl carbamates (subject to hydrolysis) is 1. The zero-order valence-electron chi connectivity index (χ0n) is 26.2. The molecule has 13 nitrogen and oxygen atoms in total. The molecule has 0 spiro atoms. The summed E-state index contributed by atoms with van der Waals surface area (Å²) < 4.78 is 30.6. The molecule has 0 aromatic rings. The first-order valence-electron chi connectivity index (χ1n) is 14.1. The lowest BCUT2D eigenvalue weighted by molar-refractivity contribution is -0.164. The quantitative estimate of drug-likeness (QED) is 0.0802. The number of nitrogens with one attached hydrogen (secondary N) is 1. The van der Waals surface area contributed by atoms with Crippen LogP contribution in [0.5, 0.6) is 0 Å². The SMILES string of the molecule is C=C(C)C(=O)OCC(COC(=O)C(=C)C)OC(=O)CCCCCCCNC(=O)OC(COC(=O)C(=C)C)COC(=O)C(=C)C. The lowest BCUT2D eigenvalue weighted by atomic mass is 10.1. The number of carbonyl (C=O) groups is 6. The Morgan fingerprint density at radius 2 is 0.864 bits per heavy atom. The molecule has 0 atom stereocenters. The van der Waals surface area contributed by atoms with Crippen LogP contribution in [0.15, 0.2) is 48.6 Å². The van der Waals surface area contributed by atoms with Crippen molar-refractivity contribution < 1.29 is 57.2 Å². The minimum atomic E-state index is -1.03. The van der Waals surface area contributed by atoms with Gasteiger partial charge < -0.3 is 33.7 Å². The lowest BCUT2D eigenvalue weighted by Gasteiger charge is -2.18. The van der Waals surface area contributed by atoms with Gasteiger partial charge in [-0.05, 0) is 40.5 Å². The highest BCUT2D eigenvalue weighted by atomic mass is 16.6. The van der Waals surface area contributed by atoms with Crippen LogP contribution in [0.1, 0.15) is 66.2 Å². The van der Waals surface area contributed by atoms with Gasteiger partial charge in [0.25, 0.3) is 0 Å². The summed E-state index contributed by atoms with van der Waals surface area (Å²) in [5.41, 5.74) is 0.676. The van der Waals surface area contributed by atoms with E-state index in [2.05, 4.69) is 31.6 Å². The molecular formula is C31H45NO12. The molecule has 44 heavy (non-hydrogen) atoms. The molecule has 0 fully saturated rings. The minimum Gasteiger partial charge on any atom is -0.458 e. The molecule has 0 unspecified atom stereocenters. The largest absolute Gasteiger partial charge is 0.458 e. The van der Waals surface area contributed by atoms with Crippen molar-refractivity contribution in [3.63, 3.8) is 0 Å². The third-order valence-corrected chi connectivity index (χ3v) is 5.39. The number of ether oxygens (including phenoxy) is 6. The maximum atomic E-state index is 12.3. The summed E-state index contributed by atoms with van der Waals surface area (Å²) in [7, 11) is 0. The molecule has 0 aliphatic rings. The van der Waals surface area contributed by atoms with E-state index in [-0.39, 0.29) is 55.1 Å². The van der Waals surface area contributed by atoms with Crippen LogP contribution in [0, 0.1) is 0 Å². The predicted molar refractivity (Wildman–Crippen MR) is 159 cm³/mol. The van der Waals surface area contributed by atoms with Gasteiger partial charge in [-0.25, -0.2) is 24.0 Å². The molecule has 1 amide bonds. The zero-order valence-corrected chi connectivity index (χ0v) is 26.2. The number of hydrogen-bond acceptors (Lipinski definition) is 12. The van der Waals surface area contributed by atoms with E-state index in [9.17, 15) is 28.8 Å². The van der Waals surface area contributed by atoms with Gasteiger partial charge in [-0.3, -0.25) is 4.79 Å². The third-order valence-electron chi connectivity index (χ3n) is 5.39. The summed E-state index contributed by atoms with van der Waals surface area (Å²) in [6, 6.07) is 0. The average Bonchev–Trinajstić information content (AvgIpc) is 2.95. The first kappa shape index (κ1) is 39.6. The molecule has 0 heterocycles. The van der Waals surface area contributed by atoms with E-state index >= 15 is 0 Å². The number of amides is 1. The third kappa shape index (κ3) is 19.7. The Labute approximate surface area is 258 Å². The van der Waals surface area contributed by atoms with Gasteiger partial charge in [0.15, 0.2) is 12.2 Å². The van der Waals surface area contributed by atoms with Crippen LogP contribution in [0.2, 0.25) is 0 Å². The highest BCUT2D eigenvalue weighted by Gasteiger charge is 2.21. The standard InChI is InChI=1S/C31H45NO12/c1-20(2)27(34)39-16-24(17-40-28(35)21(3)4)43-26(33)14-12-10-9-11-13-15-32-31(38)44-25(18-41-29(36)22(5)6)19-42-30(37)23(7)8/h24-25H,1,3,5,7,9-19H2,2,4,6,8H3,(H,32,38). The Morgan fingerprint density at radius 3 is 1.25 bits per heavy atom. The number of carbonyl (C=O) groups excluding carboxylic acids is 6. The van der Waals surface area contributed by atoms with Crippen LogP contribution < -0.4 is 5.32 Å². The minimum absolute atomic E-state index is 0.108. The van der Waals surface area contributed by atoms with E-state index in [0.29, 0.717) is 25.8 Å². The second-order valence-corrected chi connectivity index (χ2v) is 10.1. The van der Waals surface area contributed by atoms with E-state index in [1.165, 1.54) is 27.7 Å². The Kier molecular flexibility index (Phi) is 19.9. The Hall–Kier alpha value is -4.42. The van der Waals surface area contributed by atoms with Gasteiger partial charge in [-0.15, -0.1) is 0 Å². The molecule has 0 saturated heterocycles. The van der Waals surface area contributed by atoms with E-state index in [0.717, 1.165) is 12.8 Å². The topological polar surface area (TPSA) is 170 Å². The highest BCUT2D eigenvalue weighted by molar-refractivity contribution is 5.88. The molecule has 0 aliphatic heterocycles. The predicted octanol–water partition coefficient (Wildman–Crippen LogP) is 3.81. The lowest BCUT2D eigenvalue weighted by Crippen LogP contribution is -2.35. The highest BCUT2D eigenvalue weighted by Crippen LogP contribution is 2.09. The average molecular weight is 624 g/mol. The molecule has 0 bridgehead atoms. The second kappa shape index (κ2) is 22.2. The molecule has 1 N–H and O–H groups in total. The van der Waals surface area contributed by atoms with Crippen molar-refractivity contribution in [3.05, 3.63) is 48.6 Å². The Bertz CT molecular complexity index is 934. The van der Waals surface area contributed by atoms with E-state index in [4.69, 9.17) is 28.4 Å². The maximum Gasteiger partial charge on any atom is 0.407 e. The van der Waals surface area contributed by atoms with Crippen molar-refractivity contribution in [2.24, 2.45) is 0 Å². The van der Waals surface area contributed by atoms with Crippen molar-refractivity contribution in [1.29, 1.82) is 0 Å². The van der Waals surface area contributed by atoms with Gasteiger partial charge in [0.05, 0.1) is 0 Å².